The first kappa shape index (κ1) is 7.39. The molecule has 12 heavy (non-hydrogen) atoms. The molecule has 2 atom stereocenters. The van der Waals surface area contributed by atoms with Crippen molar-refractivity contribution in [3.63, 3.8) is 0 Å². The predicted octanol–water partition coefficient (Wildman–Crippen LogP) is -1.10. The van der Waals surface area contributed by atoms with Gasteiger partial charge in [0.25, 0.3) is 0 Å². The van der Waals surface area contributed by atoms with Crippen molar-refractivity contribution in [2.24, 2.45) is 0 Å². The van der Waals surface area contributed by atoms with Gasteiger partial charge >= 0.3 is 6.03 Å². The standard InChI is InChI=1S/C7H11N3O2/c1-8-7(12)10-3-2-4-5(10)6(11)9-4/h4-5H,2-3H2,1H3,(H,8,12)(H,9,11)/t4?,5-/m0/s1. The second-order valence-electron chi connectivity index (χ2n) is 3.10. The highest BCUT2D eigenvalue weighted by Gasteiger charge is 2.49. The van der Waals surface area contributed by atoms with E-state index in [1.54, 1.807) is 11.9 Å². The lowest BCUT2D eigenvalue weighted by atomic mass is 10.0. The van der Waals surface area contributed by atoms with Gasteiger partial charge in [0, 0.05) is 13.6 Å². The van der Waals surface area contributed by atoms with Crippen LogP contribution in [0.2, 0.25) is 0 Å². The topological polar surface area (TPSA) is 61.4 Å². The molecule has 2 rings (SSSR count). The number of nitrogens with one attached hydrogen (secondary N) is 2. The Bertz CT molecular complexity index is 241. The van der Waals surface area contributed by atoms with Gasteiger partial charge in [-0.25, -0.2) is 4.79 Å². The highest BCUT2D eigenvalue weighted by molar-refractivity contribution is 5.93. The van der Waals surface area contributed by atoms with Gasteiger partial charge in [0.15, 0.2) is 0 Å². The van der Waals surface area contributed by atoms with Crippen molar-refractivity contribution in [1.29, 1.82) is 0 Å². The van der Waals surface area contributed by atoms with Crippen LogP contribution in [0.4, 0.5) is 4.79 Å². The van der Waals surface area contributed by atoms with Gasteiger partial charge < -0.3 is 15.5 Å². The Balaban J connectivity index is 2.08. The molecule has 0 radical (unpaired) electrons. The Morgan fingerprint density at radius 1 is 1.75 bits per heavy atom. The summed E-state index contributed by atoms with van der Waals surface area (Å²) in [6.45, 7) is 0.674. The lowest BCUT2D eigenvalue weighted by Crippen LogP contribution is -2.65. The monoisotopic (exact) mass is 169 g/mol. The minimum atomic E-state index is -0.204. The fourth-order valence-electron chi connectivity index (χ4n) is 1.81. The van der Waals surface area contributed by atoms with Crippen LogP contribution >= 0.6 is 0 Å². The number of likely N-dealkylation sites (tertiary alicyclic amines) is 1. The number of nitrogens with zero attached hydrogens (tertiary/aromatic N) is 1. The highest BCUT2D eigenvalue weighted by Crippen LogP contribution is 2.24. The van der Waals surface area contributed by atoms with Crippen molar-refractivity contribution in [2.45, 2.75) is 18.5 Å². The number of carbonyl (C=O) groups excluding carboxylic acids is 2. The third-order valence-corrected chi connectivity index (χ3v) is 2.47. The maximum absolute atomic E-state index is 11.2. The van der Waals surface area contributed by atoms with E-state index < -0.39 is 0 Å². The summed E-state index contributed by atoms with van der Waals surface area (Å²) in [6, 6.07) is -0.155. The molecule has 3 amide bonds. The Morgan fingerprint density at radius 2 is 2.50 bits per heavy atom. The summed E-state index contributed by atoms with van der Waals surface area (Å²) in [7, 11) is 1.58. The molecule has 2 fully saturated rings. The van der Waals surface area contributed by atoms with E-state index in [4.69, 9.17) is 0 Å². The van der Waals surface area contributed by atoms with E-state index >= 15 is 0 Å². The summed E-state index contributed by atoms with van der Waals surface area (Å²) in [6.07, 6.45) is 0.879. The fraction of sp³-hybridized carbons (Fsp3) is 0.714. The molecule has 1 unspecified atom stereocenters. The molecule has 2 N–H and O–H groups in total. The minimum absolute atomic E-state index is 0.0268. The minimum Gasteiger partial charge on any atom is -0.349 e. The lowest BCUT2D eigenvalue weighted by Gasteiger charge is -2.35. The average molecular weight is 169 g/mol. The number of amides is 3. The van der Waals surface area contributed by atoms with Gasteiger partial charge in [-0.15, -0.1) is 0 Å². The lowest BCUT2D eigenvalue weighted by molar-refractivity contribution is -0.132. The first-order chi connectivity index (χ1) is 5.74. The SMILES string of the molecule is CNC(=O)N1CCC2NC(=O)[C@H]21. The molecule has 5 nitrogen and oxygen atoms in total. The molecule has 2 heterocycles. The molecule has 2 aliphatic heterocycles. The van der Waals surface area contributed by atoms with Gasteiger partial charge in [-0.1, -0.05) is 0 Å². The molecule has 0 aliphatic carbocycles. The van der Waals surface area contributed by atoms with Gasteiger partial charge in [-0.2, -0.15) is 0 Å². The van der Waals surface area contributed by atoms with Crippen LogP contribution in [0.5, 0.6) is 0 Å². The second-order valence-corrected chi connectivity index (χ2v) is 3.10. The molecule has 5 heteroatoms. The molecule has 0 aromatic carbocycles. The van der Waals surface area contributed by atoms with E-state index in [-0.39, 0.29) is 24.0 Å². The van der Waals surface area contributed by atoms with Crippen LogP contribution in [0.25, 0.3) is 0 Å². The summed E-state index contributed by atoms with van der Waals surface area (Å²) < 4.78 is 0. The van der Waals surface area contributed by atoms with Crippen LogP contribution < -0.4 is 10.6 Å². The average Bonchev–Trinajstić information content (AvgIpc) is 2.40. The van der Waals surface area contributed by atoms with Crippen LogP contribution in [0.1, 0.15) is 6.42 Å². The van der Waals surface area contributed by atoms with E-state index in [1.165, 1.54) is 0 Å². The summed E-state index contributed by atoms with van der Waals surface area (Å²) in [4.78, 5) is 23.8. The Kier molecular flexibility index (Phi) is 1.46. The zero-order valence-electron chi connectivity index (χ0n) is 6.83. The van der Waals surface area contributed by atoms with Crippen LogP contribution in [-0.4, -0.2) is 42.5 Å². The molecule has 0 aromatic rings. The van der Waals surface area contributed by atoms with Gasteiger partial charge in [-0.05, 0) is 6.42 Å². The van der Waals surface area contributed by atoms with Gasteiger partial charge in [0.1, 0.15) is 6.04 Å². The Morgan fingerprint density at radius 3 is 3.08 bits per heavy atom. The van der Waals surface area contributed by atoms with Gasteiger partial charge in [0.05, 0.1) is 6.04 Å². The number of hydrogen-bond acceptors (Lipinski definition) is 2. The predicted molar refractivity (Wildman–Crippen MR) is 41.5 cm³/mol. The number of fused-ring (bicyclic) bond motifs is 1. The largest absolute Gasteiger partial charge is 0.349 e. The summed E-state index contributed by atoms with van der Waals surface area (Å²) in [5, 5.41) is 5.27. The van der Waals surface area contributed by atoms with Crippen LogP contribution in [0, 0.1) is 0 Å². The van der Waals surface area contributed by atoms with Crippen LogP contribution in [0.3, 0.4) is 0 Å². The third kappa shape index (κ3) is 0.790. The maximum atomic E-state index is 11.2. The van der Waals surface area contributed by atoms with E-state index in [1.807, 2.05) is 0 Å². The normalized spacial score (nSPS) is 32.1. The van der Waals surface area contributed by atoms with Crippen molar-refractivity contribution in [1.82, 2.24) is 15.5 Å². The molecule has 0 saturated carbocycles. The summed E-state index contributed by atoms with van der Waals surface area (Å²) in [5.74, 6) is -0.0268. The fourth-order valence-corrected chi connectivity index (χ4v) is 1.81. The smallest absolute Gasteiger partial charge is 0.317 e. The van der Waals surface area contributed by atoms with Crippen molar-refractivity contribution < 1.29 is 9.59 Å². The quantitative estimate of drug-likeness (QED) is 0.452. The molecule has 0 aromatic heterocycles. The van der Waals surface area contributed by atoms with Crippen LogP contribution in [-0.2, 0) is 4.79 Å². The van der Waals surface area contributed by atoms with E-state index in [2.05, 4.69) is 10.6 Å². The summed E-state index contributed by atoms with van der Waals surface area (Å²) in [5.41, 5.74) is 0. The Labute approximate surface area is 70.1 Å². The Hall–Kier alpha value is -1.26. The van der Waals surface area contributed by atoms with Gasteiger partial charge in [-0.3, -0.25) is 4.79 Å². The van der Waals surface area contributed by atoms with Crippen molar-refractivity contribution in [3.8, 4) is 0 Å². The number of urea groups is 1. The second kappa shape index (κ2) is 2.36. The van der Waals surface area contributed by atoms with Crippen molar-refractivity contribution in [2.75, 3.05) is 13.6 Å². The first-order valence-electron chi connectivity index (χ1n) is 4.03. The zero-order chi connectivity index (χ0) is 8.72. The van der Waals surface area contributed by atoms with E-state index in [0.717, 1.165) is 6.42 Å². The molecule has 2 aliphatic rings. The molecular formula is C7H11N3O2. The number of β-lactam (4-membered cyclic amide) rings is 1. The molecule has 2 saturated heterocycles. The number of carbonyl (C=O) groups is 2. The van der Waals surface area contributed by atoms with E-state index in [9.17, 15) is 9.59 Å². The highest BCUT2D eigenvalue weighted by atomic mass is 16.2. The van der Waals surface area contributed by atoms with E-state index in [0.29, 0.717) is 6.54 Å². The number of rotatable bonds is 0. The first-order valence-corrected chi connectivity index (χ1v) is 4.03. The van der Waals surface area contributed by atoms with Crippen molar-refractivity contribution in [3.05, 3.63) is 0 Å². The van der Waals surface area contributed by atoms with Gasteiger partial charge in [0.2, 0.25) is 5.91 Å². The van der Waals surface area contributed by atoms with Crippen LogP contribution in [0.15, 0.2) is 0 Å². The zero-order valence-corrected chi connectivity index (χ0v) is 6.83. The van der Waals surface area contributed by atoms with Crippen molar-refractivity contribution >= 4 is 11.9 Å². The number of hydrogen-bond donors (Lipinski definition) is 2. The molecule has 66 valence electrons. The molecule has 0 bridgehead atoms. The maximum Gasteiger partial charge on any atom is 0.317 e. The third-order valence-electron chi connectivity index (χ3n) is 2.47. The summed E-state index contributed by atoms with van der Waals surface area (Å²) >= 11 is 0. The molecular weight excluding hydrogens is 158 g/mol. The molecule has 0 spiro atoms.